The molecule has 0 fully saturated rings. The maximum absolute atomic E-state index is 12.8. The predicted octanol–water partition coefficient (Wildman–Crippen LogP) is 2.01. The Labute approximate surface area is 197 Å². The van der Waals surface area contributed by atoms with Gasteiger partial charge in [0.05, 0.1) is 0 Å². The molecule has 0 aliphatic carbocycles. The highest BCUT2D eigenvalue weighted by Crippen LogP contribution is 2.20. The molecule has 9 heteroatoms. The molecular formula is C25H30N4O5. The summed E-state index contributed by atoms with van der Waals surface area (Å²) in [6, 6.07) is 17.2. The number of ether oxygens (including phenoxy) is 1. The average Bonchev–Trinajstić information content (AvgIpc) is 2.82. The third kappa shape index (κ3) is 5.92. The molecule has 0 bridgehead atoms. The minimum absolute atomic E-state index is 0.226. The van der Waals surface area contributed by atoms with E-state index in [1.807, 2.05) is 47.4 Å². The Balaban J connectivity index is 1.79. The first-order chi connectivity index (χ1) is 16.1. The Bertz CT molecular complexity index is 1250. The number of nitrogens with zero attached hydrogens (tertiary/aromatic N) is 4. The summed E-state index contributed by atoms with van der Waals surface area (Å²) in [4.78, 5) is 38.1. The molecule has 1 aromatic heterocycles. The number of benzene rings is 2. The first kappa shape index (κ1) is 24.8. The van der Waals surface area contributed by atoms with Gasteiger partial charge >= 0.3 is 11.7 Å². The highest BCUT2D eigenvalue weighted by atomic mass is 16.5. The molecule has 0 aliphatic heterocycles. The average molecular weight is 467 g/mol. The van der Waals surface area contributed by atoms with Crippen LogP contribution < -0.4 is 20.9 Å². The van der Waals surface area contributed by atoms with E-state index in [0.717, 1.165) is 15.7 Å². The number of carboxylic acids is 1. The summed E-state index contributed by atoms with van der Waals surface area (Å²) < 4.78 is 7.79. The summed E-state index contributed by atoms with van der Waals surface area (Å²) in [5, 5.41) is 13.5. The molecule has 0 radical (unpaired) electrons. The largest absolute Gasteiger partial charge is 0.478 e. The van der Waals surface area contributed by atoms with Crippen LogP contribution in [0.3, 0.4) is 0 Å². The van der Waals surface area contributed by atoms with E-state index in [1.54, 1.807) is 12.1 Å². The molecule has 0 atom stereocenters. The van der Waals surface area contributed by atoms with Gasteiger partial charge in [-0.15, -0.1) is 5.10 Å². The van der Waals surface area contributed by atoms with Gasteiger partial charge in [-0.25, -0.2) is 14.3 Å². The topological polar surface area (TPSA) is 107 Å². The van der Waals surface area contributed by atoms with Crippen molar-refractivity contribution in [3.8, 4) is 5.75 Å². The van der Waals surface area contributed by atoms with E-state index >= 15 is 0 Å². The molecule has 1 N–H and O–H groups in total. The second-order valence-electron chi connectivity index (χ2n) is 8.63. The Morgan fingerprint density at radius 1 is 0.971 bits per heavy atom. The number of rotatable bonds is 10. The molecular weight excluding hydrogens is 436 g/mol. The van der Waals surface area contributed by atoms with Crippen LogP contribution in [0.4, 0.5) is 5.82 Å². The quantitative estimate of drug-likeness (QED) is 0.487. The zero-order valence-corrected chi connectivity index (χ0v) is 19.9. The van der Waals surface area contributed by atoms with E-state index in [-0.39, 0.29) is 5.82 Å². The molecule has 180 valence electrons. The van der Waals surface area contributed by atoms with Crippen molar-refractivity contribution >= 4 is 11.8 Å². The number of aromatic nitrogens is 3. The highest BCUT2D eigenvalue weighted by Gasteiger charge is 2.29. The number of hydrogen-bond donors (Lipinski definition) is 1. The fraction of sp³-hybridized carbons (Fsp3) is 0.360. The predicted molar refractivity (Wildman–Crippen MR) is 130 cm³/mol. The normalized spacial score (nSPS) is 11.3. The van der Waals surface area contributed by atoms with E-state index < -0.39 is 22.8 Å². The summed E-state index contributed by atoms with van der Waals surface area (Å²) in [6.07, 6.45) is 1.33. The fourth-order valence-corrected chi connectivity index (χ4v) is 3.44. The summed E-state index contributed by atoms with van der Waals surface area (Å²) in [5.41, 5.74) is -0.110. The van der Waals surface area contributed by atoms with Crippen molar-refractivity contribution in [3.05, 3.63) is 86.6 Å². The Kier molecular flexibility index (Phi) is 7.55. The van der Waals surface area contributed by atoms with Crippen LogP contribution in [0, 0.1) is 0 Å². The maximum atomic E-state index is 12.8. The lowest BCUT2D eigenvalue weighted by Gasteiger charge is -2.24. The lowest BCUT2D eigenvalue weighted by molar-refractivity contribution is -0.152. The van der Waals surface area contributed by atoms with Crippen LogP contribution in [-0.4, -0.2) is 44.1 Å². The minimum atomic E-state index is -1.33. The molecule has 34 heavy (non-hydrogen) atoms. The number of anilines is 1. The van der Waals surface area contributed by atoms with Crippen molar-refractivity contribution in [1.82, 2.24) is 14.3 Å². The maximum Gasteiger partial charge on any atom is 0.347 e. The molecule has 3 rings (SSSR count). The Morgan fingerprint density at radius 3 is 2.09 bits per heavy atom. The van der Waals surface area contributed by atoms with Crippen LogP contribution in [0.2, 0.25) is 0 Å². The fourth-order valence-electron chi connectivity index (χ4n) is 3.44. The molecule has 0 unspecified atom stereocenters. The SMILES string of the molecule is Cn1nc(N(CCc2ccccc2)CCc2ccc(OC(C)(C)C(=O)O)cc2)c(=O)n(C)c1=O. The van der Waals surface area contributed by atoms with Crippen LogP contribution in [0.25, 0.3) is 0 Å². The molecule has 3 aromatic rings. The van der Waals surface area contributed by atoms with Gasteiger partial charge in [0.15, 0.2) is 5.60 Å². The summed E-state index contributed by atoms with van der Waals surface area (Å²) in [7, 11) is 2.97. The number of aryl methyl sites for hydroxylation is 1. The third-order valence-corrected chi connectivity index (χ3v) is 5.60. The van der Waals surface area contributed by atoms with E-state index in [4.69, 9.17) is 4.74 Å². The van der Waals surface area contributed by atoms with Crippen LogP contribution in [0.15, 0.2) is 64.2 Å². The van der Waals surface area contributed by atoms with Crippen LogP contribution in [0.5, 0.6) is 5.75 Å². The summed E-state index contributed by atoms with van der Waals surface area (Å²) in [5.74, 6) is -0.355. The van der Waals surface area contributed by atoms with Gasteiger partial charge < -0.3 is 14.7 Å². The van der Waals surface area contributed by atoms with Gasteiger partial charge in [-0.3, -0.25) is 9.36 Å². The summed E-state index contributed by atoms with van der Waals surface area (Å²) in [6.45, 7) is 4.05. The van der Waals surface area contributed by atoms with Crippen molar-refractivity contribution in [2.24, 2.45) is 14.1 Å². The molecule has 9 nitrogen and oxygen atoms in total. The van der Waals surface area contributed by atoms with Gasteiger partial charge in [-0.05, 0) is 49.9 Å². The first-order valence-corrected chi connectivity index (χ1v) is 11.0. The molecule has 0 amide bonds. The monoisotopic (exact) mass is 466 g/mol. The number of aliphatic carboxylic acids is 1. The molecule has 1 heterocycles. The number of hydrogen-bond acceptors (Lipinski definition) is 6. The molecule has 0 saturated carbocycles. The van der Waals surface area contributed by atoms with Crippen molar-refractivity contribution in [3.63, 3.8) is 0 Å². The van der Waals surface area contributed by atoms with Crippen LogP contribution in [0.1, 0.15) is 25.0 Å². The van der Waals surface area contributed by atoms with Gasteiger partial charge in [0.2, 0.25) is 5.82 Å². The van der Waals surface area contributed by atoms with Crippen molar-refractivity contribution < 1.29 is 14.6 Å². The van der Waals surface area contributed by atoms with Crippen molar-refractivity contribution in [1.29, 1.82) is 0 Å². The van der Waals surface area contributed by atoms with Gasteiger partial charge in [-0.2, -0.15) is 0 Å². The second-order valence-corrected chi connectivity index (χ2v) is 8.63. The number of carbonyl (C=O) groups is 1. The van der Waals surface area contributed by atoms with E-state index in [1.165, 1.54) is 32.6 Å². The van der Waals surface area contributed by atoms with Gasteiger partial charge in [0, 0.05) is 27.2 Å². The molecule has 2 aromatic carbocycles. The molecule has 0 aliphatic rings. The van der Waals surface area contributed by atoms with Crippen molar-refractivity contribution in [2.75, 3.05) is 18.0 Å². The zero-order valence-electron chi connectivity index (χ0n) is 19.9. The number of carboxylic acid groups (broad SMARTS) is 1. The Hall–Kier alpha value is -3.88. The Morgan fingerprint density at radius 2 is 1.53 bits per heavy atom. The minimum Gasteiger partial charge on any atom is -0.478 e. The standard InChI is InChI=1S/C25H30N4O5/c1-25(2,23(31)32)34-20-12-10-19(11-13-20)15-17-29(16-14-18-8-6-5-7-9-18)21-22(30)27(3)24(33)28(4)26-21/h5-13H,14-17H2,1-4H3,(H,31,32). The summed E-state index contributed by atoms with van der Waals surface area (Å²) >= 11 is 0. The van der Waals surface area contributed by atoms with Crippen molar-refractivity contribution in [2.45, 2.75) is 32.3 Å². The lowest BCUT2D eigenvalue weighted by Crippen LogP contribution is -2.44. The van der Waals surface area contributed by atoms with E-state index in [2.05, 4.69) is 5.10 Å². The van der Waals surface area contributed by atoms with E-state index in [9.17, 15) is 19.5 Å². The van der Waals surface area contributed by atoms with Gasteiger partial charge in [0.25, 0.3) is 5.56 Å². The molecule has 0 saturated heterocycles. The second kappa shape index (κ2) is 10.4. The van der Waals surface area contributed by atoms with Gasteiger partial charge in [0.1, 0.15) is 5.75 Å². The van der Waals surface area contributed by atoms with Crippen LogP contribution in [-0.2, 0) is 31.7 Å². The van der Waals surface area contributed by atoms with Crippen LogP contribution >= 0.6 is 0 Å². The molecule has 0 spiro atoms. The first-order valence-electron chi connectivity index (χ1n) is 11.0. The smallest absolute Gasteiger partial charge is 0.347 e. The van der Waals surface area contributed by atoms with E-state index in [0.29, 0.717) is 31.7 Å². The lowest BCUT2D eigenvalue weighted by atomic mass is 10.1. The van der Waals surface area contributed by atoms with Gasteiger partial charge in [-0.1, -0.05) is 42.5 Å². The zero-order chi connectivity index (χ0) is 24.9. The highest BCUT2D eigenvalue weighted by molar-refractivity contribution is 5.76. The third-order valence-electron chi connectivity index (χ3n) is 5.60.